The molecule has 0 amide bonds. The molecule has 0 saturated carbocycles. The van der Waals surface area contributed by atoms with Crippen LogP contribution in [-0.2, 0) is 0 Å². The Morgan fingerprint density at radius 3 is 2.14 bits per heavy atom. The van der Waals surface area contributed by atoms with Gasteiger partial charge in [-0.15, -0.1) is 10.2 Å². The van der Waals surface area contributed by atoms with Gasteiger partial charge < -0.3 is 10.1 Å². The molecule has 3 aromatic carbocycles. The second-order valence-electron chi connectivity index (χ2n) is 5.10. The number of fused-ring (bicyclic) bond motifs is 1. The molecule has 0 aliphatic rings. The summed E-state index contributed by atoms with van der Waals surface area (Å²) in [4.78, 5) is 3.17. The van der Waals surface area contributed by atoms with Gasteiger partial charge in [-0.2, -0.15) is 0 Å². The number of benzene rings is 3. The molecular formula is C18H13N3O. The predicted octanol–water partition coefficient (Wildman–Crippen LogP) is 4.00. The average molecular weight is 287 g/mol. The van der Waals surface area contributed by atoms with Gasteiger partial charge in [0.2, 0.25) is 0 Å². The van der Waals surface area contributed by atoms with Crippen molar-refractivity contribution in [2.24, 2.45) is 0 Å². The van der Waals surface area contributed by atoms with E-state index >= 15 is 0 Å². The fourth-order valence-corrected chi connectivity index (χ4v) is 2.53. The van der Waals surface area contributed by atoms with Gasteiger partial charge in [-0.1, -0.05) is 54.6 Å². The van der Waals surface area contributed by atoms with Crippen molar-refractivity contribution < 1.29 is 5.11 Å². The average Bonchev–Trinajstić information content (AvgIpc) is 3.05. The van der Waals surface area contributed by atoms with E-state index in [9.17, 15) is 5.11 Å². The number of aromatic nitrogens is 3. The molecule has 0 atom stereocenters. The van der Waals surface area contributed by atoms with E-state index in [4.69, 9.17) is 0 Å². The van der Waals surface area contributed by atoms with Gasteiger partial charge in [-0.05, 0) is 22.9 Å². The molecule has 0 aliphatic carbocycles. The molecule has 0 radical (unpaired) electrons. The molecule has 4 aromatic rings. The lowest BCUT2D eigenvalue weighted by Gasteiger charge is -2.04. The third-order valence-corrected chi connectivity index (χ3v) is 3.65. The SMILES string of the molecule is Oc1cc2ccccc2cc1-c1nnc(-c2ccccc2)[nH]1. The van der Waals surface area contributed by atoms with Crippen molar-refractivity contribution in [1.29, 1.82) is 0 Å². The number of hydrogen-bond donors (Lipinski definition) is 2. The Morgan fingerprint density at radius 1 is 0.727 bits per heavy atom. The van der Waals surface area contributed by atoms with E-state index in [-0.39, 0.29) is 5.75 Å². The van der Waals surface area contributed by atoms with E-state index in [1.54, 1.807) is 6.07 Å². The molecule has 1 heterocycles. The highest BCUT2D eigenvalue weighted by Crippen LogP contribution is 2.32. The van der Waals surface area contributed by atoms with Crippen molar-refractivity contribution >= 4 is 10.8 Å². The lowest BCUT2D eigenvalue weighted by molar-refractivity contribution is 0.477. The second-order valence-corrected chi connectivity index (χ2v) is 5.10. The lowest BCUT2D eigenvalue weighted by Crippen LogP contribution is -1.84. The third-order valence-electron chi connectivity index (χ3n) is 3.65. The minimum atomic E-state index is 0.189. The van der Waals surface area contributed by atoms with Crippen LogP contribution in [0.1, 0.15) is 0 Å². The predicted molar refractivity (Wildman–Crippen MR) is 86.4 cm³/mol. The Morgan fingerprint density at radius 2 is 1.36 bits per heavy atom. The van der Waals surface area contributed by atoms with E-state index in [1.807, 2.05) is 60.7 Å². The summed E-state index contributed by atoms with van der Waals surface area (Å²) in [5, 5.41) is 20.6. The molecule has 22 heavy (non-hydrogen) atoms. The molecule has 0 aliphatic heterocycles. The maximum atomic E-state index is 10.3. The van der Waals surface area contributed by atoms with E-state index in [0.717, 1.165) is 16.3 Å². The first-order valence-electron chi connectivity index (χ1n) is 7.01. The van der Waals surface area contributed by atoms with Crippen LogP contribution < -0.4 is 0 Å². The van der Waals surface area contributed by atoms with Crippen molar-refractivity contribution in [3.05, 3.63) is 66.7 Å². The highest BCUT2D eigenvalue weighted by molar-refractivity contribution is 5.89. The number of H-pyrrole nitrogens is 1. The van der Waals surface area contributed by atoms with Crippen molar-refractivity contribution in [3.63, 3.8) is 0 Å². The van der Waals surface area contributed by atoms with Gasteiger partial charge in [-0.25, -0.2) is 0 Å². The Hall–Kier alpha value is -3.14. The van der Waals surface area contributed by atoms with Gasteiger partial charge in [0, 0.05) is 5.56 Å². The van der Waals surface area contributed by atoms with Crippen LogP contribution in [0.3, 0.4) is 0 Å². The Kier molecular flexibility index (Phi) is 2.86. The second kappa shape index (κ2) is 5.00. The number of phenols is 1. The summed E-state index contributed by atoms with van der Waals surface area (Å²) in [6.07, 6.45) is 0. The van der Waals surface area contributed by atoms with Gasteiger partial charge in [0.25, 0.3) is 0 Å². The molecule has 0 spiro atoms. The molecular weight excluding hydrogens is 274 g/mol. The summed E-state index contributed by atoms with van der Waals surface area (Å²) in [6.45, 7) is 0. The highest BCUT2D eigenvalue weighted by atomic mass is 16.3. The Labute approximate surface area is 127 Å². The van der Waals surface area contributed by atoms with Crippen LogP contribution in [0.15, 0.2) is 66.7 Å². The summed E-state index contributed by atoms with van der Waals surface area (Å²) in [5.74, 6) is 1.43. The summed E-state index contributed by atoms with van der Waals surface area (Å²) < 4.78 is 0. The quantitative estimate of drug-likeness (QED) is 0.586. The fourth-order valence-electron chi connectivity index (χ4n) is 2.53. The standard InChI is InChI=1S/C18H13N3O/c22-16-11-14-9-5-4-8-13(14)10-15(16)18-19-17(20-21-18)12-6-2-1-3-7-12/h1-11,22H,(H,19,20,21). The maximum absolute atomic E-state index is 10.3. The van der Waals surface area contributed by atoms with Crippen molar-refractivity contribution in [1.82, 2.24) is 15.2 Å². The first-order chi connectivity index (χ1) is 10.8. The number of rotatable bonds is 2. The fraction of sp³-hybridized carbons (Fsp3) is 0. The van der Waals surface area contributed by atoms with Crippen LogP contribution in [0.5, 0.6) is 5.75 Å². The topological polar surface area (TPSA) is 61.8 Å². The maximum Gasteiger partial charge on any atom is 0.165 e. The van der Waals surface area contributed by atoms with Crippen LogP contribution in [0.2, 0.25) is 0 Å². The first-order valence-corrected chi connectivity index (χ1v) is 7.01. The number of aromatic hydroxyl groups is 1. The smallest absolute Gasteiger partial charge is 0.165 e. The molecule has 4 rings (SSSR count). The minimum absolute atomic E-state index is 0.189. The largest absolute Gasteiger partial charge is 0.507 e. The van der Waals surface area contributed by atoms with Crippen LogP contribution in [0.4, 0.5) is 0 Å². The number of hydrogen-bond acceptors (Lipinski definition) is 3. The minimum Gasteiger partial charge on any atom is -0.507 e. The monoisotopic (exact) mass is 287 g/mol. The number of phenolic OH excluding ortho intramolecular Hbond substituents is 1. The number of nitrogens with zero attached hydrogens (tertiary/aromatic N) is 2. The summed E-state index contributed by atoms with van der Waals surface area (Å²) in [6, 6.07) is 21.3. The van der Waals surface area contributed by atoms with Crippen LogP contribution in [0, 0.1) is 0 Å². The molecule has 4 heteroatoms. The molecule has 106 valence electrons. The third kappa shape index (κ3) is 2.11. The summed E-state index contributed by atoms with van der Waals surface area (Å²) in [7, 11) is 0. The number of nitrogens with one attached hydrogen (secondary N) is 1. The molecule has 4 nitrogen and oxygen atoms in total. The van der Waals surface area contributed by atoms with Crippen molar-refractivity contribution in [2.75, 3.05) is 0 Å². The Balaban J connectivity index is 1.82. The number of aromatic amines is 1. The van der Waals surface area contributed by atoms with Crippen molar-refractivity contribution in [3.8, 4) is 28.5 Å². The van der Waals surface area contributed by atoms with Crippen molar-refractivity contribution in [2.45, 2.75) is 0 Å². The molecule has 0 bridgehead atoms. The molecule has 2 N–H and O–H groups in total. The molecule has 0 unspecified atom stereocenters. The van der Waals surface area contributed by atoms with Gasteiger partial charge in [0.05, 0.1) is 5.56 Å². The van der Waals surface area contributed by atoms with Gasteiger partial charge in [-0.3, -0.25) is 0 Å². The van der Waals surface area contributed by atoms with Gasteiger partial charge in [0.15, 0.2) is 11.6 Å². The molecule has 0 saturated heterocycles. The summed E-state index contributed by atoms with van der Waals surface area (Å²) >= 11 is 0. The highest BCUT2D eigenvalue weighted by Gasteiger charge is 2.12. The van der Waals surface area contributed by atoms with Gasteiger partial charge in [0.1, 0.15) is 5.75 Å². The lowest BCUT2D eigenvalue weighted by atomic mass is 10.1. The molecule has 0 fully saturated rings. The summed E-state index contributed by atoms with van der Waals surface area (Å²) in [5.41, 5.74) is 1.61. The zero-order valence-corrected chi connectivity index (χ0v) is 11.7. The van der Waals surface area contributed by atoms with Gasteiger partial charge >= 0.3 is 0 Å². The van der Waals surface area contributed by atoms with E-state index in [1.165, 1.54) is 0 Å². The zero-order chi connectivity index (χ0) is 14.9. The van der Waals surface area contributed by atoms with E-state index in [2.05, 4.69) is 15.2 Å². The molecule has 1 aromatic heterocycles. The van der Waals surface area contributed by atoms with Crippen LogP contribution in [-0.4, -0.2) is 20.3 Å². The first kappa shape index (κ1) is 12.6. The van der Waals surface area contributed by atoms with Crippen LogP contribution >= 0.6 is 0 Å². The zero-order valence-electron chi connectivity index (χ0n) is 11.7. The van der Waals surface area contributed by atoms with E-state index in [0.29, 0.717) is 17.2 Å². The van der Waals surface area contributed by atoms with Crippen LogP contribution in [0.25, 0.3) is 33.5 Å². The van der Waals surface area contributed by atoms with E-state index < -0.39 is 0 Å². The Bertz CT molecular complexity index is 945. The normalized spacial score (nSPS) is 10.9.